The molecule has 1 saturated heterocycles. The topological polar surface area (TPSA) is 68.5 Å². The highest BCUT2D eigenvalue weighted by molar-refractivity contribution is 6.30. The molecule has 0 bridgehead atoms. The van der Waals surface area contributed by atoms with E-state index in [2.05, 4.69) is 10.1 Å². The van der Waals surface area contributed by atoms with Crippen molar-refractivity contribution in [2.24, 2.45) is 5.92 Å². The first-order chi connectivity index (χ1) is 14.6. The summed E-state index contributed by atoms with van der Waals surface area (Å²) in [6.07, 6.45) is 2.40. The number of nitrogens with zero attached hydrogens (tertiary/aromatic N) is 3. The molecule has 1 amide bonds. The molecule has 0 aliphatic carbocycles. The Morgan fingerprint density at radius 3 is 2.83 bits per heavy atom. The Bertz CT molecular complexity index is 1010. The van der Waals surface area contributed by atoms with Crippen molar-refractivity contribution in [2.75, 3.05) is 19.7 Å². The molecule has 4 rings (SSSR count). The fourth-order valence-electron chi connectivity index (χ4n) is 3.56. The molecule has 0 N–H and O–H groups in total. The van der Waals surface area contributed by atoms with Crippen LogP contribution in [0.4, 0.5) is 4.39 Å². The monoisotopic (exact) mass is 429 g/mol. The minimum Gasteiger partial charge on any atom is -0.484 e. The minimum atomic E-state index is -0.389. The molecule has 2 heterocycles. The van der Waals surface area contributed by atoms with Crippen LogP contribution in [-0.2, 0) is 11.2 Å². The van der Waals surface area contributed by atoms with E-state index in [9.17, 15) is 9.18 Å². The minimum absolute atomic E-state index is 0.0215. The predicted octanol–water partition coefficient (Wildman–Crippen LogP) is 4.39. The van der Waals surface area contributed by atoms with Gasteiger partial charge < -0.3 is 14.2 Å². The van der Waals surface area contributed by atoms with Crippen molar-refractivity contribution in [3.8, 4) is 17.1 Å². The van der Waals surface area contributed by atoms with Gasteiger partial charge in [-0.1, -0.05) is 28.9 Å². The summed E-state index contributed by atoms with van der Waals surface area (Å²) in [5, 5.41) is 4.52. The molecule has 2 aromatic carbocycles. The lowest BCUT2D eigenvalue weighted by Crippen LogP contribution is -2.42. The van der Waals surface area contributed by atoms with Crippen molar-refractivity contribution in [2.45, 2.75) is 19.3 Å². The second-order valence-corrected chi connectivity index (χ2v) is 7.72. The first-order valence-electron chi connectivity index (χ1n) is 9.82. The summed E-state index contributed by atoms with van der Waals surface area (Å²) in [5.74, 6) is 1.04. The normalized spacial score (nSPS) is 16.5. The molecule has 6 nitrogen and oxygen atoms in total. The zero-order valence-corrected chi connectivity index (χ0v) is 17.0. The zero-order chi connectivity index (χ0) is 20.9. The van der Waals surface area contributed by atoms with E-state index >= 15 is 0 Å². The summed E-state index contributed by atoms with van der Waals surface area (Å²) in [4.78, 5) is 18.7. The van der Waals surface area contributed by atoms with E-state index in [-0.39, 0.29) is 30.1 Å². The number of hydrogen-bond donors (Lipinski definition) is 0. The zero-order valence-electron chi connectivity index (χ0n) is 16.3. The van der Waals surface area contributed by atoms with Crippen molar-refractivity contribution in [3.05, 3.63) is 65.3 Å². The van der Waals surface area contributed by atoms with Crippen LogP contribution in [0.5, 0.6) is 5.75 Å². The van der Waals surface area contributed by atoms with Crippen LogP contribution < -0.4 is 4.74 Å². The average molecular weight is 430 g/mol. The third kappa shape index (κ3) is 4.97. The van der Waals surface area contributed by atoms with Gasteiger partial charge in [0.25, 0.3) is 5.91 Å². The lowest BCUT2D eigenvalue weighted by molar-refractivity contribution is -0.135. The van der Waals surface area contributed by atoms with Crippen LogP contribution in [0.2, 0.25) is 5.02 Å². The molecule has 0 spiro atoms. The number of carbonyl (C=O) groups excluding carboxylic acids is 1. The van der Waals surface area contributed by atoms with Gasteiger partial charge in [0.15, 0.2) is 6.61 Å². The van der Waals surface area contributed by atoms with Gasteiger partial charge in [-0.05, 0) is 55.2 Å². The summed E-state index contributed by atoms with van der Waals surface area (Å²) < 4.78 is 24.8. The molecule has 1 aliphatic heterocycles. The van der Waals surface area contributed by atoms with Gasteiger partial charge in [-0.2, -0.15) is 4.98 Å². The molecular formula is C22H21ClFN3O3. The first kappa shape index (κ1) is 20.3. The standard InChI is InChI=1S/C22H21ClFN3O3/c23-16-7-9-17(10-8-16)29-14-21(28)27-11-3-4-15(13-27)12-20-25-22(26-30-20)18-5-1-2-6-19(18)24/h1-2,5-10,15H,3-4,11-14H2/t15-/m0/s1. The molecule has 8 heteroatoms. The van der Waals surface area contributed by atoms with Crippen molar-refractivity contribution >= 4 is 17.5 Å². The van der Waals surface area contributed by atoms with E-state index in [1.807, 2.05) is 0 Å². The van der Waals surface area contributed by atoms with E-state index in [4.69, 9.17) is 20.9 Å². The summed E-state index contributed by atoms with van der Waals surface area (Å²) in [5.41, 5.74) is 0.312. The Labute approximate surface area is 178 Å². The van der Waals surface area contributed by atoms with Crippen molar-refractivity contribution in [3.63, 3.8) is 0 Å². The van der Waals surface area contributed by atoms with Crippen LogP contribution in [0, 0.1) is 11.7 Å². The fourth-order valence-corrected chi connectivity index (χ4v) is 3.69. The SMILES string of the molecule is O=C(COc1ccc(Cl)cc1)N1CCC[C@@H](Cc2nc(-c3ccccc3F)no2)C1. The lowest BCUT2D eigenvalue weighted by Gasteiger charge is -2.32. The number of rotatable bonds is 6. The highest BCUT2D eigenvalue weighted by atomic mass is 35.5. The number of hydrogen-bond acceptors (Lipinski definition) is 5. The van der Waals surface area contributed by atoms with Crippen LogP contribution in [0.15, 0.2) is 53.1 Å². The van der Waals surface area contributed by atoms with Crippen LogP contribution >= 0.6 is 11.6 Å². The first-order valence-corrected chi connectivity index (χ1v) is 10.2. The fraction of sp³-hybridized carbons (Fsp3) is 0.318. The van der Waals surface area contributed by atoms with Gasteiger partial charge in [0.05, 0.1) is 5.56 Å². The van der Waals surface area contributed by atoms with Gasteiger partial charge in [0, 0.05) is 24.5 Å². The second kappa shape index (κ2) is 9.26. The largest absolute Gasteiger partial charge is 0.484 e. The Balaban J connectivity index is 1.32. The summed E-state index contributed by atoms with van der Waals surface area (Å²) >= 11 is 5.86. The van der Waals surface area contributed by atoms with Crippen LogP contribution in [0.1, 0.15) is 18.7 Å². The molecule has 30 heavy (non-hydrogen) atoms. The molecule has 0 radical (unpaired) electrons. The maximum atomic E-state index is 13.9. The third-order valence-corrected chi connectivity index (χ3v) is 5.35. The Morgan fingerprint density at radius 2 is 2.03 bits per heavy atom. The number of halogens is 2. The van der Waals surface area contributed by atoms with E-state index in [1.54, 1.807) is 47.4 Å². The summed E-state index contributed by atoms with van der Waals surface area (Å²) in [7, 11) is 0. The average Bonchev–Trinajstić information content (AvgIpc) is 3.22. The maximum absolute atomic E-state index is 13.9. The highest BCUT2D eigenvalue weighted by Gasteiger charge is 2.26. The third-order valence-electron chi connectivity index (χ3n) is 5.09. The number of piperidine rings is 1. The maximum Gasteiger partial charge on any atom is 0.260 e. The molecule has 1 aromatic heterocycles. The van der Waals surface area contributed by atoms with E-state index in [1.165, 1.54) is 6.07 Å². The molecule has 0 saturated carbocycles. The van der Waals surface area contributed by atoms with Gasteiger partial charge in [-0.15, -0.1) is 0 Å². The number of ether oxygens (including phenoxy) is 1. The van der Waals surface area contributed by atoms with Crippen molar-refractivity contribution in [1.29, 1.82) is 0 Å². The number of aromatic nitrogens is 2. The van der Waals surface area contributed by atoms with Gasteiger partial charge >= 0.3 is 0 Å². The van der Waals surface area contributed by atoms with Crippen LogP contribution in [-0.4, -0.2) is 40.6 Å². The summed E-state index contributed by atoms with van der Waals surface area (Å²) in [6.45, 7) is 1.27. The molecule has 0 unspecified atom stereocenters. The van der Waals surface area contributed by atoms with E-state index in [0.717, 1.165) is 12.8 Å². The Kier molecular flexibility index (Phi) is 6.28. The smallest absolute Gasteiger partial charge is 0.260 e. The lowest BCUT2D eigenvalue weighted by atomic mass is 9.94. The number of likely N-dealkylation sites (tertiary alicyclic amines) is 1. The van der Waals surface area contributed by atoms with Gasteiger partial charge in [-0.25, -0.2) is 4.39 Å². The molecule has 1 fully saturated rings. The number of amides is 1. The van der Waals surface area contributed by atoms with Gasteiger partial charge in [0.1, 0.15) is 11.6 Å². The van der Waals surface area contributed by atoms with E-state index < -0.39 is 0 Å². The van der Waals surface area contributed by atoms with Crippen molar-refractivity contribution in [1.82, 2.24) is 15.0 Å². The van der Waals surface area contributed by atoms with Crippen LogP contribution in [0.25, 0.3) is 11.4 Å². The molecule has 1 aliphatic rings. The Hall–Kier alpha value is -2.93. The van der Waals surface area contributed by atoms with Crippen LogP contribution in [0.3, 0.4) is 0 Å². The van der Waals surface area contributed by atoms with Crippen molar-refractivity contribution < 1.29 is 18.4 Å². The molecule has 156 valence electrons. The quantitative estimate of drug-likeness (QED) is 0.581. The van der Waals surface area contributed by atoms with E-state index in [0.29, 0.717) is 41.7 Å². The molecular weight excluding hydrogens is 409 g/mol. The van der Waals surface area contributed by atoms with Gasteiger partial charge in [0.2, 0.25) is 11.7 Å². The Morgan fingerprint density at radius 1 is 1.23 bits per heavy atom. The number of carbonyl (C=O) groups is 1. The predicted molar refractivity (Wildman–Crippen MR) is 110 cm³/mol. The summed E-state index contributed by atoms with van der Waals surface area (Å²) in [6, 6.07) is 13.2. The second-order valence-electron chi connectivity index (χ2n) is 7.29. The molecule has 3 aromatic rings. The molecule has 1 atom stereocenters. The highest BCUT2D eigenvalue weighted by Crippen LogP contribution is 2.24. The van der Waals surface area contributed by atoms with Gasteiger partial charge in [-0.3, -0.25) is 4.79 Å². The number of benzene rings is 2.